The minimum Gasteiger partial charge on any atom is -0.302 e. The molecule has 0 spiro atoms. The van der Waals surface area contributed by atoms with Gasteiger partial charge in [-0.25, -0.2) is 9.37 Å². The molecule has 3 rings (SSSR count). The van der Waals surface area contributed by atoms with Gasteiger partial charge >= 0.3 is 0 Å². The first-order chi connectivity index (χ1) is 12.0. The lowest BCUT2D eigenvalue weighted by molar-refractivity contribution is -0.116. The van der Waals surface area contributed by atoms with E-state index in [-0.39, 0.29) is 11.7 Å². The molecular formula is C17H13Cl2FN2OS2. The summed E-state index contributed by atoms with van der Waals surface area (Å²) in [5.41, 5.74) is 0.598. The van der Waals surface area contributed by atoms with Crippen LogP contribution in [-0.4, -0.2) is 16.6 Å². The van der Waals surface area contributed by atoms with Crippen molar-refractivity contribution in [3.63, 3.8) is 0 Å². The number of halogens is 3. The summed E-state index contributed by atoms with van der Waals surface area (Å²) in [6, 6.07) is 9.72. The highest BCUT2D eigenvalue weighted by molar-refractivity contribution is 7.99. The summed E-state index contributed by atoms with van der Waals surface area (Å²) in [5, 5.41) is 4.34. The fourth-order valence-corrected chi connectivity index (χ4v) is 4.42. The second kappa shape index (κ2) is 8.36. The molecule has 3 aromatic rings. The van der Waals surface area contributed by atoms with Crippen molar-refractivity contribution in [3.05, 3.63) is 52.3 Å². The summed E-state index contributed by atoms with van der Waals surface area (Å²) in [4.78, 5) is 17.4. The van der Waals surface area contributed by atoms with E-state index < -0.39 is 0 Å². The number of fused-ring (bicyclic) bond motifs is 1. The lowest BCUT2D eigenvalue weighted by Gasteiger charge is -2.02. The Labute approximate surface area is 162 Å². The van der Waals surface area contributed by atoms with Gasteiger partial charge in [-0.3, -0.25) is 4.79 Å². The summed E-state index contributed by atoms with van der Waals surface area (Å²) in [7, 11) is 0. The van der Waals surface area contributed by atoms with Gasteiger partial charge in [-0.15, -0.1) is 11.8 Å². The Morgan fingerprint density at radius 3 is 2.60 bits per heavy atom. The summed E-state index contributed by atoms with van der Waals surface area (Å²) in [6.45, 7) is 0. The highest BCUT2D eigenvalue weighted by Gasteiger charge is 2.12. The number of thioether (sulfide) groups is 1. The van der Waals surface area contributed by atoms with Gasteiger partial charge in [0.25, 0.3) is 0 Å². The van der Waals surface area contributed by atoms with E-state index in [4.69, 9.17) is 23.2 Å². The number of anilines is 1. The number of nitrogens with zero attached hydrogens (tertiary/aromatic N) is 1. The molecule has 1 aromatic heterocycles. The van der Waals surface area contributed by atoms with Crippen molar-refractivity contribution in [3.8, 4) is 0 Å². The standard InChI is InChI=1S/C17H13Cl2FN2OS2/c18-12-7-8-13(19)16-15(12)22-17(25-16)21-14(23)2-1-9-24-11-5-3-10(20)4-6-11/h3-8H,1-2,9H2,(H,21,22,23). The van der Waals surface area contributed by atoms with Crippen molar-refractivity contribution in [1.82, 2.24) is 4.98 Å². The van der Waals surface area contributed by atoms with E-state index in [2.05, 4.69) is 10.3 Å². The van der Waals surface area contributed by atoms with Crippen molar-refractivity contribution in [2.24, 2.45) is 0 Å². The van der Waals surface area contributed by atoms with E-state index in [1.807, 2.05) is 0 Å². The topological polar surface area (TPSA) is 42.0 Å². The quantitative estimate of drug-likeness (QED) is 0.382. The molecule has 1 amide bonds. The highest BCUT2D eigenvalue weighted by atomic mass is 35.5. The third-order valence-corrected chi connectivity index (χ3v) is 6.16. The fraction of sp³-hybridized carbons (Fsp3) is 0.176. The van der Waals surface area contributed by atoms with Crippen LogP contribution in [0.3, 0.4) is 0 Å². The molecule has 130 valence electrons. The number of benzene rings is 2. The van der Waals surface area contributed by atoms with Crippen LogP contribution in [0, 0.1) is 5.82 Å². The Morgan fingerprint density at radius 1 is 1.16 bits per heavy atom. The van der Waals surface area contributed by atoms with Crippen LogP contribution in [0.15, 0.2) is 41.3 Å². The number of aromatic nitrogens is 1. The smallest absolute Gasteiger partial charge is 0.226 e. The zero-order valence-corrected chi connectivity index (χ0v) is 16.0. The lowest BCUT2D eigenvalue weighted by Crippen LogP contribution is -2.11. The summed E-state index contributed by atoms with van der Waals surface area (Å²) >= 11 is 15.1. The summed E-state index contributed by atoms with van der Waals surface area (Å²) in [5.74, 6) is 0.419. The van der Waals surface area contributed by atoms with Crippen LogP contribution in [0.4, 0.5) is 9.52 Å². The van der Waals surface area contributed by atoms with Crippen LogP contribution in [0.5, 0.6) is 0 Å². The maximum absolute atomic E-state index is 12.8. The second-order valence-corrected chi connectivity index (χ2v) is 8.16. The first kappa shape index (κ1) is 18.5. The number of nitrogens with one attached hydrogen (secondary N) is 1. The Kier molecular flexibility index (Phi) is 6.17. The number of rotatable bonds is 6. The predicted octanol–water partition coefficient (Wildman–Crippen LogP) is 6.25. The minimum atomic E-state index is -0.250. The largest absolute Gasteiger partial charge is 0.302 e. The Morgan fingerprint density at radius 2 is 1.88 bits per heavy atom. The summed E-state index contributed by atoms with van der Waals surface area (Å²) in [6.07, 6.45) is 1.09. The molecule has 0 fully saturated rings. The molecule has 0 aliphatic rings. The van der Waals surface area contributed by atoms with Crippen LogP contribution in [0.25, 0.3) is 10.2 Å². The van der Waals surface area contributed by atoms with Crippen molar-refractivity contribution in [2.75, 3.05) is 11.1 Å². The van der Waals surface area contributed by atoms with Gasteiger partial charge in [0, 0.05) is 11.3 Å². The zero-order valence-electron chi connectivity index (χ0n) is 12.9. The predicted molar refractivity (Wildman–Crippen MR) is 105 cm³/mol. The number of thiazole rings is 1. The average molecular weight is 415 g/mol. The molecule has 2 aromatic carbocycles. The van der Waals surface area contributed by atoms with Crippen molar-refractivity contribution < 1.29 is 9.18 Å². The normalized spacial score (nSPS) is 11.0. The molecule has 0 aliphatic heterocycles. The van der Waals surface area contributed by atoms with Gasteiger partial charge in [-0.2, -0.15) is 0 Å². The number of hydrogen-bond donors (Lipinski definition) is 1. The van der Waals surface area contributed by atoms with E-state index in [9.17, 15) is 9.18 Å². The maximum atomic E-state index is 12.8. The first-order valence-electron chi connectivity index (χ1n) is 7.45. The van der Waals surface area contributed by atoms with Crippen molar-refractivity contribution in [1.29, 1.82) is 0 Å². The summed E-state index contributed by atoms with van der Waals surface area (Å²) < 4.78 is 13.6. The van der Waals surface area contributed by atoms with Gasteiger partial charge in [-0.05, 0) is 48.6 Å². The van der Waals surface area contributed by atoms with Gasteiger partial charge in [0.2, 0.25) is 5.91 Å². The molecule has 0 atom stereocenters. The molecule has 0 unspecified atom stereocenters. The molecule has 1 heterocycles. The van der Waals surface area contributed by atoms with Gasteiger partial charge in [0.1, 0.15) is 11.3 Å². The Hall–Kier alpha value is -1.34. The van der Waals surface area contributed by atoms with E-state index in [1.54, 1.807) is 36.0 Å². The minimum absolute atomic E-state index is 0.106. The molecule has 25 heavy (non-hydrogen) atoms. The molecule has 8 heteroatoms. The molecule has 0 bridgehead atoms. The third-order valence-electron chi connectivity index (χ3n) is 3.32. The van der Waals surface area contributed by atoms with E-state index in [0.29, 0.717) is 33.5 Å². The van der Waals surface area contributed by atoms with E-state index in [0.717, 1.165) is 15.3 Å². The number of amides is 1. The van der Waals surface area contributed by atoms with Crippen LogP contribution in [0.1, 0.15) is 12.8 Å². The van der Waals surface area contributed by atoms with Gasteiger partial charge < -0.3 is 5.32 Å². The maximum Gasteiger partial charge on any atom is 0.226 e. The van der Waals surface area contributed by atoms with Gasteiger partial charge in [-0.1, -0.05) is 34.5 Å². The van der Waals surface area contributed by atoms with Gasteiger partial charge in [0.15, 0.2) is 5.13 Å². The van der Waals surface area contributed by atoms with Crippen molar-refractivity contribution >= 4 is 67.6 Å². The van der Waals surface area contributed by atoms with Crippen LogP contribution in [-0.2, 0) is 4.79 Å². The first-order valence-corrected chi connectivity index (χ1v) is 10.0. The van der Waals surface area contributed by atoms with Crippen LogP contribution in [0.2, 0.25) is 10.0 Å². The molecule has 0 aliphatic carbocycles. The number of hydrogen-bond acceptors (Lipinski definition) is 4. The monoisotopic (exact) mass is 414 g/mol. The lowest BCUT2D eigenvalue weighted by atomic mass is 10.3. The van der Waals surface area contributed by atoms with E-state index in [1.165, 1.54) is 23.5 Å². The molecule has 0 saturated heterocycles. The Bertz CT molecular complexity index is 861. The molecule has 3 nitrogen and oxygen atoms in total. The zero-order chi connectivity index (χ0) is 17.8. The number of carbonyl (C=O) groups is 1. The number of carbonyl (C=O) groups excluding carboxylic acids is 1. The van der Waals surface area contributed by atoms with Crippen LogP contribution >= 0.6 is 46.3 Å². The highest BCUT2D eigenvalue weighted by Crippen LogP contribution is 2.36. The SMILES string of the molecule is O=C(CCCSc1ccc(F)cc1)Nc1nc2c(Cl)ccc(Cl)c2s1. The molecule has 0 radical (unpaired) electrons. The van der Waals surface area contributed by atoms with Crippen LogP contribution < -0.4 is 5.32 Å². The van der Waals surface area contributed by atoms with Crippen molar-refractivity contribution in [2.45, 2.75) is 17.7 Å². The molecule has 0 saturated carbocycles. The van der Waals surface area contributed by atoms with E-state index >= 15 is 0 Å². The fourth-order valence-electron chi connectivity index (χ4n) is 2.13. The second-order valence-electron chi connectivity index (χ2n) is 5.18. The van der Waals surface area contributed by atoms with Gasteiger partial charge in [0.05, 0.1) is 14.7 Å². The average Bonchev–Trinajstić information content (AvgIpc) is 3.02. The molecular weight excluding hydrogens is 402 g/mol. The molecule has 1 N–H and O–H groups in total. The third kappa shape index (κ3) is 4.85. The Balaban J connectivity index is 1.50.